The first-order valence-electron chi connectivity index (χ1n) is 4.61. The largest absolute Gasteiger partial charge is 0.481 e. The van der Waals surface area contributed by atoms with Crippen molar-refractivity contribution in [1.82, 2.24) is 0 Å². The fourth-order valence-electron chi connectivity index (χ4n) is 1.36. The summed E-state index contributed by atoms with van der Waals surface area (Å²) in [6.07, 6.45) is -0.603. The van der Waals surface area contributed by atoms with Crippen LogP contribution in [0.2, 0.25) is 0 Å². The van der Waals surface area contributed by atoms with E-state index in [2.05, 4.69) is 15.4 Å². The molecule has 0 spiro atoms. The summed E-state index contributed by atoms with van der Waals surface area (Å²) in [5.41, 5.74) is 0.890. The van der Waals surface area contributed by atoms with Gasteiger partial charge in [-0.2, -0.15) is 0 Å². The highest BCUT2D eigenvalue weighted by atomic mass is 16.5. The number of nitrogens with one attached hydrogen (secondary N) is 2. The zero-order valence-corrected chi connectivity index (χ0v) is 8.57. The van der Waals surface area contributed by atoms with Gasteiger partial charge in [0, 0.05) is 0 Å². The Hall–Kier alpha value is -2.24. The van der Waals surface area contributed by atoms with Crippen molar-refractivity contribution in [2.45, 2.75) is 0 Å². The van der Waals surface area contributed by atoms with Gasteiger partial charge in [0.05, 0.1) is 12.8 Å². The number of hydrogen-bond acceptors (Lipinski definition) is 4. The maximum atomic E-state index is 11.2. The molecule has 0 saturated carbocycles. The molecule has 0 saturated heterocycles. The number of rotatable bonds is 1. The molecule has 6 nitrogen and oxygen atoms in total. The molecule has 1 aliphatic rings. The molecule has 1 heterocycles. The molecule has 84 valence electrons. The van der Waals surface area contributed by atoms with Gasteiger partial charge in [0.1, 0.15) is 11.4 Å². The fourth-order valence-corrected chi connectivity index (χ4v) is 1.36. The monoisotopic (exact) mass is 222 g/mol. The molecule has 0 fully saturated rings. The topological polar surface area (TPSA) is 76.7 Å². The van der Waals surface area contributed by atoms with Gasteiger partial charge >= 0.3 is 6.09 Å². The molecule has 0 unspecified atom stereocenters. The molecular weight excluding hydrogens is 212 g/mol. The first-order valence-corrected chi connectivity index (χ1v) is 4.61. The number of carbonyl (C=O) groups is 2. The zero-order valence-electron chi connectivity index (χ0n) is 8.57. The summed E-state index contributed by atoms with van der Waals surface area (Å²) in [7, 11) is 1.26. The van der Waals surface area contributed by atoms with E-state index in [1.54, 1.807) is 18.2 Å². The smallest absolute Gasteiger partial charge is 0.411 e. The zero-order chi connectivity index (χ0) is 11.5. The maximum absolute atomic E-state index is 11.2. The number of anilines is 2. The van der Waals surface area contributed by atoms with Gasteiger partial charge in [0.2, 0.25) is 0 Å². The summed E-state index contributed by atoms with van der Waals surface area (Å²) in [6, 6.07) is 5.06. The van der Waals surface area contributed by atoms with Gasteiger partial charge in [-0.1, -0.05) is 6.07 Å². The van der Waals surface area contributed by atoms with Gasteiger partial charge in [-0.3, -0.25) is 10.1 Å². The van der Waals surface area contributed by atoms with Crippen molar-refractivity contribution in [3.63, 3.8) is 0 Å². The highest BCUT2D eigenvalue weighted by Gasteiger charge is 2.19. The minimum atomic E-state index is -0.603. The van der Waals surface area contributed by atoms with Crippen molar-refractivity contribution in [3.8, 4) is 5.75 Å². The molecule has 0 radical (unpaired) electrons. The van der Waals surface area contributed by atoms with Gasteiger partial charge in [0.15, 0.2) is 6.61 Å². The van der Waals surface area contributed by atoms with E-state index in [4.69, 9.17) is 4.74 Å². The van der Waals surface area contributed by atoms with Crippen molar-refractivity contribution in [1.29, 1.82) is 0 Å². The number of hydrogen-bond donors (Lipinski definition) is 2. The van der Waals surface area contributed by atoms with E-state index in [1.165, 1.54) is 7.11 Å². The number of methoxy groups -OCH3 is 1. The number of carbonyl (C=O) groups excluding carboxylic acids is 2. The summed E-state index contributed by atoms with van der Waals surface area (Å²) < 4.78 is 9.66. The molecule has 0 atom stereocenters. The van der Waals surface area contributed by atoms with Gasteiger partial charge in [-0.15, -0.1) is 0 Å². The normalized spacial score (nSPS) is 13.2. The number of ether oxygens (including phenoxy) is 2. The average Bonchev–Trinajstić information content (AvgIpc) is 2.29. The molecule has 1 aromatic carbocycles. The standard InChI is InChI=1S/C10H10N2O4/c1-15-10(14)11-6-3-2-4-7-9(6)12-8(13)5-16-7/h2-4H,5H2,1H3,(H,11,14)(H,12,13). The Morgan fingerprint density at radius 2 is 2.38 bits per heavy atom. The van der Waals surface area contributed by atoms with Gasteiger partial charge in [0.25, 0.3) is 5.91 Å². The molecule has 2 rings (SSSR count). The Kier molecular flexibility index (Phi) is 2.63. The summed E-state index contributed by atoms with van der Waals surface area (Å²) in [4.78, 5) is 22.2. The van der Waals surface area contributed by atoms with E-state index >= 15 is 0 Å². The molecule has 2 amide bonds. The van der Waals surface area contributed by atoms with Crippen molar-refractivity contribution in [2.75, 3.05) is 24.4 Å². The Morgan fingerprint density at radius 3 is 3.12 bits per heavy atom. The first kappa shape index (κ1) is 10.3. The van der Waals surface area contributed by atoms with E-state index in [1.807, 2.05) is 0 Å². The van der Waals surface area contributed by atoms with E-state index in [0.29, 0.717) is 17.1 Å². The summed E-state index contributed by atoms with van der Waals surface area (Å²) >= 11 is 0. The third-order valence-electron chi connectivity index (χ3n) is 2.07. The van der Waals surface area contributed by atoms with Gasteiger partial charge < -0.3 is 14.8 Å². The van der Waals surface area contributed by atoms with E-state index in [0.717, 1.165) is 0 Å². The molecular formula is C10H10N2O4. The molecule has 2 N–H and O–H groups in total. The highest BCUT2D eigenvalue weighted by Crippen LogP contribution is 2.34. The predicted octanol–water partition coefficient (Wildman–Crippen LogP) is 1.20. The minimum absolute atomic E-state index is 0.0192. The molecule has 1 aromatic rings. The second-order valence-corrected chi connectivity index (χ2v) is 3.13. The van der Waals surface area contributed by atoms with Gasteiger partial charge in [-0.25, -0.2) is 4.79 Å². The number of para-hydroxylation sites is 1. The minimum Gasteiger partial charge on any atom is -0.481 e. The van der Waals surface area contributed by atoms with Crippen molar-refractivity contribution in [2.24, 2.45) is 0 Å². The van der Waals surface area contributed by atoms with E-state index in [-0.39, 0.29) is 12.5 Å². The van der Waals surface area contributed by atoms with Crippen LogP contribution in [0.3, 0.4) is 0 Å². The molecule has 0 aromatic heterocycles. The number of fused-ring (bicyclic) bond motifs is 1. The second-order valence-electron chi connectivity index (χ2n) is 3.13. The van der Waals surface area contributed by atoms with E-state index in [9.17, 15) is 9.59 Å². The number of amides is 2. The molecule has 0 bridgehead atoms. The molecule has 6 heteroatoms. The van der Waals surface area contributed by atoms with Crippen molar-refractivity contribution in [3.05, 3.63) is 18.2 Å². The lowest BCUT2D eigenvalue weighted by Gasteiger charge is -2.20. The summed E-state index contributed by atoms with van der Waals surface area (Å²) in [5.74, 6) is 0.264. The number of benzene rings is 1. The molecule has 0 aliphatic carbocycles. The highest BCUT2D eigenvalue weighted by molar-refractivity contribution is 6.01. The Labute approximate surface area is 91.5 Å². The first-order chi connectivity index (χ1) is 7.70. The van der Waals surface area contributed by atoms with Gasteiger partial charge in [-0.05, 0) is 12.1 Å². The van der Waals surface area contributed by atoms with Crippen LogP contribution in [0.25, 0.3) is 0 Å². The Balaban J connectivity index is 2.32. The fraction of sp³-hybridized carbons (Fsp3) is 0.200. The second kappa shape index (κ2) is 4.09. The Morgan fingerprint density at radius 1 is 1.56 bits per heavy atom. The lowest BCUT2D eigenvalue weighted by Crippen LogP contribution is -2.26. The molecule has 16 heavy (non-hydrogen) atoms. The van der Waals surface area contributed by atoms with E-state index < -0.39 is 6.09 Å². The summed E-state index contributed by atoms with van der Waals surface area (Å²) in [5, 5.41) is 5.11. The quantitative estimate of drug-likeness (QED) is 0.748. The van der Waals surface area contributed by atoms with Crippen LogP contribution in [0.5, 0.6) is 5.75 Å². The predicted molar refractivity (Wildman–Crippen MR) is 56.6 cm³/mol. The lowest BCUT2D eigenvalue weighted by molar-refractivity contribution is -0.118. The van der Waals surface area contributed by atoms with Crippen molar-refractivity contribution < 1.29 is 19.1 Å². The SMILES string of the molecule is COC(=O)Nc1cccc2c1NC(=O)CO2. The molecule has 1 aliphatic heterocycles. The summed E-state index contributed by atoms with van der Waals surface area (Å²) in [6.45, 7) is -0.0192. The Bertz CT molecular complexity index is 444. The van der Waals surface area contributed by atoms with Crippen LogP contribution < -0.4 is 15.4 Å². The average molecular weight is 222 g/mol. The van der Waals surface area contributed by atoms with Crippen molar-refractivity contribution >= 4 is 23.4 Å². The van der Waals surface area contributed by atoms with Crippen LogP contribution in [-0.2, 0) is 9.53 Å². The lowest BCUT2D eigenvalue weighted by atomic mass is 10.2. The third-order valence-corrected chi connectivity index (χ3v) is 2.07. The van der Waals surface area contributed by atoms with Crippen LogP contribution in [0.15, 0.2) is 18.2 Å². The van der Waals surface area contributed by atoms with Crippen LogP contribution in [0.1, 0.15) is 0 Å². The van der Waals surface area contributed by atoms with Crippen LogP contribution in [0, 0.1) is 0 Å². The van der Waals surface area contributed by atoms with Crippen LogP contribution >= 0.6 is 0 Å². The third kappa shape index (κ3) is 1.90. The van der Waals surface area contributed by atoms with Crippen LogP contribution in [0.4, 0.5) is 16.2 Å². The maximum Gasteiger partial charge on any atom is 0.411 e. The van der Waals surface area contributed by atoms with Crippen LogP contribution in [-0.4, -0.2) is 25.7 Å².